The SMILES string of the molecule is CCC(C)C1C[C@@H](N)c2ccc(OC)cc2O1. The van der Waals surface area contributed by atoms with Gasteiger partial charge in [-0.3, -0.25) is 0 Å². The minimum absolute atomic E-state index is 0.0728. The molecule has 0 bridgehead atoms. The van der Waals surface area contributed by atoms with E-state index in [4.69, 9.17) is 15.2 Å². The maximum atomic E-state index is 6.20. The molecule has 17 heavy (non-hydrogen) atoms. The zero-order valence-corrected chi connectivity index (χ0v) is 10.8. The molecule has 1 aliphatic rings. The van der Waals surface area contributed by atoms with Gasteiger partial charge in [-0.15, -0.1) is 0 Å². The Morgan fingerprint density at radius 1 is 1.53 bits per heavy atom. The van der Waals surface area contributed by atoms with Crippen molar-refractivity contribution in [3.8, 4) is 11.5 Å². The molecule has 0 saturated carbocycles. The predicted molar refractivity (Wildman–Crippen MR) is 68.4 cm³/mol. The second-order valence-corrected chi connectivity index (χ2v) is 4.79. The van der Waals surface area contributed by atoms with Crippen molar-refractivity contribution >= 4 is 0 Å². The van der Waals surface area contributed by atoms with Gasteiger partial charge < -0.3 is 15.2 Å². The molecular weight excluding hydrogens is 214 g/mol. The molecule has 1 aromatic carbocycles. The minimum atomic E-state index is 0.0728. The van der Waals surface area contributed by atoms with E-state index >= 15 is 0 Å². The van der Waals surface area contributed by atoms with Gasteiger partial charge in [-0.1, -0.05) is 26.3 Å². The Labute approximate surface area is 103 Å². The summed E-state index contributed by atoms with van der Waals surface area (Å²) in [6.45, 7) is 4.39. The van der Waals surface area contributed by atoms with E-state index in [0.717, 1.165) is 29.9 Å². The first-order valence-electron chi connectivity index (χ1n) is 6.25. The summed E-state index contributed by atoms with van der Waals surface area (Å²) in [6.07, 6.45) is 2.22. The number of rotatable bonds is 3. The fourth-order valence-corrected chi connectivity index (χ4v) is 2.25. The Morgan fingerprint density at radius 3 is 2.94 bits per heavy atom. The minimum Gasteiger partial charge on any atom is -0.497 e. The molecule has 3 heteroatoms. The van der Waals surface area contributed by atoms with Crippen LogP contribution in [-0.4, -0.2) is 13.2 Å². The van der Waals surface area contributed by atoms with Gasteiger partial charge in [0, 0.05) is 24.1 Å². The van der Waals surface area contributed by atoms with Crippen molar-refractivity contribution < 1.29 is 9.47 Å². The summed E-state index contributed by atoms with van der Waals surface area (Å²) in [6, 6.07) is 5.95. The Morgan fingerprint density at radius 2 is 2.29 bits per heavy atom. The van der Waals surface area contributed by atoms with Gasteiger partial charge in [0.2, 0.25) is 0 Å². The highest BCUT2D eigenvalue weighted by Crippen LogP contribution is 2.38. The summed E-state index contributed by atoms with van der Waals surface area (Å²) >= 11 is 0. The Balaban J connectivity index is 2.27. The molecule has 2 unspecified atom stereocenters. The fraction of sp³-hybridized carbons (Fsp3) is 0.571. The van der Waals surface area contributed by atoms with Crippen LogP contribution in [0.2, 0.25) is 0 Å². The van der Waals surface area contributed by atoms with Crippen LogP contribution in [-0.2, 0) is 0 Å². The van der Waals surface area contributed by atoms with Crippen LogP contribution in [0.4, 0.5) is 0 Å². The van der Waals surface area contributed by atoms with Crippen LogP contribution in [0.25, 0.3) is 0 Å². The van der Waals surface area contributed by atoms with Crippen LogP contribution in [0.5, 0.6) is 11.5 Å². The van der Waals surface area contributed by atoms with Crippen LogP contribution >= 0.6 is 0 Å². The van der Waals surface area contributed by atoms with E-state index < -0.39 is 0 Å². The van der Waals surface area contributed by atoms with Crippen molar-refractivity contribution in [1.29, 1.82) is 0 Å². The second kappa shape index (κ2) is 4.96. The van der Waals surface area contributed by atoms with Crippen molar-refractivity contribution in [2.45, 2.75) is 38.8 Å². The average Bonchev–Trinajstić information content (AvgIpc) is 2.36. The topological polar surface area (TPSA) is 44.5 Å². The number of benzene rings is 1. The molecule has 3 atom stereocenters. The van der Waals surface area contributed by atoms with Gasteiger partial charge in [-0.2, -0.15) is 0 Å². The third-order valence-corrected chi connectivity index (χ3v) is 3.66. The van der Waals surface area contributed by atoms with E-state index in [2.05, 4.69) is 13.8 Å². The summed E-state index contributed by atoms with van der Waals surface area (Å²) in [5.74, 6) is 2.23. The number of nitrogens with two attached hydrogens (primary N) is 1. The number of ether oxygens (including phenoxy) is 2. The smallest absolute Gasteiger partial charge is 0.128 e. The second-order valence-electron chi connectivity index (χ2n) is 4.79. The number of methoxy groups -OCH3 is 1. The highest BCUT2D eigenvalue weighted by atomic mass is 16.5. The number of hydrogen-bond donors (Lipinski definition) is 1. The number of hydrogen-bond acceptors (Lipinski definition) is 3. The van der Waals surface area contributed by atoms with E-state index in [1.165, 1.54) is 0 Å². The molecule has 0 radical (unpaired) electrons. The van der Waals surface area contributed by atoms with E-state index in [-0.39, 0.29) is 12.1 Å². The molecule has 2 N–H and O–H groups in total. The molecule has 0 spiro atoms. The van der Waals surface area contributed by atoms with Crippen LogP contribution in [0.1, 0.15) is 38.3 Å². The van der Waals surface area contributed by atoms with Gasteiger partial charge in [0.25, 0.3) is 0 Å². The molecule has 2 rings (SSSR count). The highest BCUT2D eigenvalue weighted by molar-refractivity contribution is 5.43. The van der Waals surface area contributed by atoms with Gasteiger partial charge in [-0.25, -0.2) is 0 Å². The molecule has 0 fully saturated rings. The lowest BCUT2D eigenvalue weighted by molar-refractivity contribution is 0.105. The Kier molecular flexibility index (Phi) is 3.57. The van der Waals surface area contributed by atoms with E-state index in [9.17, 15) is 0 Å². The van der Waals surface area contributed by atoms with Gasteiger partial charge in [0.1, 0.15) is 17.6 Å². The van der Waals surface area contributed by atoms with E-state index in [0.29, 0.717) is 5.92 Å². The first kappa shape index (κ1) is 12.2. The largest absolute Gasteiger partial charge is 0.497 e. The lowest BCUT2D eigenvalue weighted by atomic mass is 9.90. The Hall–Kier alpha value is -1.22. The highest BCUT2D eigenvalue weighted by Gasteiger charge is 2.29. The van der Waals surface area contributed by atoms with Gasteiger partial charge in [0.05, 0.1) is 7.11 Å². The first-order chi connectivity index (χ1) is 8.15. The molecule has 1 aromatic rings. The van der Waals surface area contributed by atoms with Crippen molar-refractivity contribution in [3.63, 3.8) is 0 Å². The predicted octanol–water partition coefficient (Wildman–Crippen LogP) is 2.89. The maximum Gasteiger partial charge on any atom is 0.128 e. The van der Waals surface area contributed by atoms with Crippen molar-refractivity contribution in [3.05, 3.63) is 23.8 Å². The van der Waals surface area contributed by atoms with Crippen molar-refractivity contribution in [2.75, 3.05) is 7.11 Å². The molecule has 0 amide bonds. The average molecular weight is 235 g/mol. The van der Waals surface area contributed by atoms with Crippen LogP contribution in [0, 0.1) is 5.92 Å². The molecule has 0 saturated heterocycles. The monoisotopic (exact) mass is 235 g/mol. The third-order valence-electron chi connectivity index (χ3n) is 3.66. The molecule has 3 nitrogen and oxygen atoms in total. The summed E-state index contributed by atoms with van der Waals surface area (Å²) in [5.41, 5.74) is 7.29. The molecule has 1 heterocycles. The van der Waals surface area contributed by atoms with Crippen LogP contribution < -0.4 is 15.2 Å². The van der Waals surface area contributed by atoms with Crippen LogP contribution in [0.3, 0.4) is 0 Å². The maximum absolute atomic E-state index is 6.20. The fourth-order valence-electron chi connectivity index (χ4n) is 2.25. The standard InChI is InChI=1S/C14H21NO2/c1-4-9(2)13-8-12(15)11-6-5-10(16-3)7-14(11)17-13/h5-7,9,12-13H,4,8,15H2,1-3H3/t9?,12-,13?/m1/s1. The lowest BCUT2D eigenvalue weighted by Crippen LogP contribution is -2.34. The lowest BCUT2D eigenvalue weighted by Gasteiger charge is -2.33. The quantitative estimate of drug-likeness (QED) is 0.876. The first-order valence-corrected chi connectivity index (χ1v) is 6.25. The van der Waals surface area contributed by atoms with Gasteiger partial charge in [-0.05, 0) is 12.0 Å². The normalized spacial score (nSPS) is 24.7. The van der Waals surface area contributed by atoms with E-state index in [1.54, 1.807) is 7.11 Å². The molecule has 0 aromatic heterocycles. The van der Waals surface area contributed by atoms with Crippen LogP contribution in [0.15, 0.2) is 18.2 Å². The van der Waals surface area contributed by atoms with Crippen molar-refractivity contribution in [2.24, 2.45) is 11.7 Å². The summed E-state index contributed by atoms with van der Waals surface area (Å²) in [5, 5.41) is 0. The molecular formula is C14H21NO2. The van der Waals surface area contributed by atoms with Gasteiger partial charge >= 0.3 is 0 Å². The number of fused-ring (bicyclic) bond motifs is 1. The third kappa shape index (κ3) is 2.39. The molecule has 94 valence electrons. The van der Waals surface area contributed by atoms with E-state index in [1.807, 2.05) is 18.2 Å². The summed E-state index contributed by atoms with van der Waals surface area (Å²) in [4.78, 5) is 0. The summed E-state index contributed by atoms with van der Waals surface area (Å²) in [7, 11) is 1.66. The molecule has 1 aliphatic heterocycles. The Bertz CT molecular complexity index is 392. The van der Waals surface area contributed by atoms with Gasteiger partial charge in [0.15, 0.2) is 0 Å². The molecule has 0 aliphatic carbocycles. The summed E-state index contributed by atoms with van der Waals surface area (Å²) < 4.78 is 11.3. The van der Waals surface area contributed by atoms with Crippen molar-refractivity contribution in [1.82, 2.24) is 0 Å². The zero-order valence-electron chi connectivity index (χ0n) is 10.8. The zero-order chi connectivity index (χ0) is 12.4.